The van der Waals surface area contributed by atoms with Gasteiger partial charge in [-0.15, -0.1) is 0 Å². The second-order valence-electron chi connectivity index (χ2n) is 3.39. The molecule has 1 aromatic rings. The zero-order valence-electron chi connectivity index (χ0n) is 7.71. The monoisotopic (exact) mass is 186 g/mol. The fourth-order valence-electron chi connectivity index (χ4n) is 1.63. The Labute approximate surface area is 82.4 Å². The van der Waals surface area contributed by atoms with Crippen LogP contribution in [-0.2, 0) is 11.2 Å². The highest BCUT2D eigenvalue weighted by atomic mass is 16.1. The van der Waals surface area contributed by atoms with Crippen molar-refractivity contribution >= 4 is 11.6 Å². The maximum atomic E-state index is 11.3. The summed E-state index contributed by atoms with van der Waals surface area (Å²) in [7, 11) is 0. The summed E-state index contributed by atoms with van der Waals surface area (Å²) in [6, 6.07) is 7.50. The van der Waals surface area contributed by atoms with E-state index in [9.17, 15) is 4.79 Å². The second kappa shape index (κ2) is 3.51. The topological polar surface area (TPSA) is 52.9 Å². The van der Waals surface area contributed by atoms with Crippen LogP contribution in [0.4, 0.5) is 5.69 Å². The first kappa shape index (κ1) is 8.76. The summed E-state index contributed by atoms with van der Waals surface area (Å²) >= 11 is 0. The molecule has 1 amide bonds. The molecule has 1 aliphatic rings. The molecule has 1 aliphatic heterocycles. The Balaban J connectivity index is 2.43. The maximum Gasteiger partial charge on any atom is 0.224 e. The molecule has 1 N–H and O–H groups in total. The van der Waals surface area contributed by atoms with Gasteiger partial charge in [0.1, 0.15) is 0 Å². The van der Waals surface area contributed by atoms with E-state index in [1.807, 2.05) is 6.07 Å². The summed E-state index contributed by atoms with van der Waals surface area (Å²) in [5.74, 6) is 0.0406. The van der Waals surface area contributed by atoms with E-state index >= 15 is 0 Å². The number of rotatable bonds is 0. The lowest BCUT2D eigenvalue weighted by atomic mass is 10.1. The second-order valence-corrected chi connectivity index (χ2v) is 3.39. The van der Waals surface area contributed by atoms with Crippen molar-refractivity contribution in [2.24, 2.45) is 0 Å². The molecule has 3 nitrogen and oxygen atoms in total. The molecular weight excluding hydrogens is 176 g/mol. The van der Waals surface area contributed by atoms with Gasteiger partial charge in [0.15, 0.2) is 0 Å². The molecule has 0 radical (unpaired) electrons. The van der Waals surface area contributed by atoms with E-state index in [0.29, 0.717) is 12.0 Å². The molecule has 3 heteroatoms. The van der Waals surface area contributed by atoms with Gasteiger partial charge in [0.2, 0.25) is 5.91 Å². The SMILES string of the molecule is N#Cc1ccc2c(c1)NC(=O)CCC2. The fraction of sp³-hybridized carbons (Fsp3) is 0.273. The van der Waals surface area contributed by atoms with E-state index < -0.39 is 0 Å². The number of nitrogens with zero attached hydrogens (tertiary/aromatic N) is 1. The largest absolute Gasteiger partial charge is 0.326 e. The van der Waals surface area contributed by atoms with Crippen molar-refractivity contribution in [3.05, 3.63) is 29.3 Å². The Hall–Kier alpha value is -1.82. The summed E-state index contributed by atoms with van der Waals surface area (Å²) in [5, 5.41) is 11.5. The quantitative estimate of drug-likeness (QED) is 0.672. The molecule has 0 unspecified atom stereocenters. The smallest absolute Gasteiger partial charge is 0.224 e. The summed E-state index contributed by atoms with van der Waals surface area (Å²) < 4.78 is 0. The minimum atomic E-state index is 0.0406. The number of hydrogen-bond donors (Lipinski definition) is 1. The van der Waals surface area contributed by atoms with Crippen molar-refractivity contribution < 1.29 is 4.79 Å². The van der Waals surface area contributed by atoms with Gasteiger partial charge in [0.05, 0.1) is 11.6 Å². The van der Waals surface area contributed by atoms with Gasteiger partial charge in [-0.05, 0) is 30.5 Å². The van der Waals surface area contributed by atoms with Crippen LogP contribution in [0, 0.1) is 11.3 Å². The minimum absolute atomic E-state index is 0.0406. The van der Waals surface area contributed by atoms with Crippen molar-refractivity contribution in [1.29, 1.82) is 5.26 Å². The first-order valence-corrected chi connectivity index (χ1v) is 4.62. The van der Waals surface area contributed by atoms with Gasteiger partial charge in [-0.2, -0.15) is 5.26 Å². The highest BCUT2D eigenvalue weighted by Gasteiger charge is 2.12. The van der Waals surface area contributed by atoms with Gasteiger partial charge < -0.3 is 5.32 Å². The van der Waals surface area contributed by atoms with Crippen LogP contribution in [0.5, 0.6) is 0 Å². The third-order valence-electron chi connectivity index (χ3n) is 2.36. The maximum absolute atomic E-state index is 11.3. The van der Waals surface area contributed by atoms with Crippen LogP contribution in [0.2, 0.25) is 0 Å². The standard InChI is InChI=1S/C11H10N2O/c12-7-8-4-5-9-2-1-3-11(14)13-10(9)6-8/h4-6H,1-3H2,(H,13,14). The number of carbonyl (C=O) groups excluding carboxylic acids is 1. The lowest BCUT2D eigenvalue weighted by Gasteiger charge is -2.05. The van der Waals surface area contributed by atoms with E-state index in [-0.39, 0.29) is 5.91 Å². The Morgan fingerprint density at radius 1 is 1.36 bits per heavy atom. The fourth-order valence-corrected chi connectivity index (χ4v) is 1.63. The first-order chi connectivity index (χ1) is 6.79. The minimum Gasteiger partial charge on any atom is -0.326 e. The molecule has 14 heavy (non-hydrogen) atoms. The number of benzene rings is 1. The Kier molecular flexibility index (Phi) is 2.19. The summed E-state index contributed by atoms with van der Waals surface area (Å²) in [5.41, 5.74) is 2.51. The molecule has 2 rings (SSSR count). The lowest BCUT2D eigenvalue weighted by Crippen LogP contribution is -2.09. The van der Waals surface area contributed by atoms with Crippen molar-refractivity contribution in [2.45, 2.75) is 19.3 Å². The number of aryl methyl sites for hydroxylation is 1. The van der Waals surface area contributed by atoms with E-state index in [1.54, 1.807) is 12.1 Å². The number of nitriles is 1. The van der Waals surface area contributed by atoms with E-state index in [2.05, 4.69) is 11.4 Å². The van der Waals surface area contributed by atoms with Crippen LogP contribution >= 0.6 is 0 Å². The number of carbonyl (C=O) groups is 1. The Morgan fingerprint density at radius 2 is 2.21 bits per heavy atom. The molecule has 0 spiro atoms. The zero-order chi connectivity index (χ0) is 9.97. The third kappa shape index (κ3) is 1.60. The zero-order valence-corrected chi connectivity index (χ0v) is 7.71. The molecule has 0 aliphatic carbocycles. The molecule has 0 atom stereocenters. The normalized spacial score (nSPS) is 14.9. The molecule has 0 aromatic heterocycles. The molecule has 70 valence electrons. The van der Waals surface area contributed by atoms with Crippen LogP contribution in [0.15, 0.2) is 18.2 Å². The van der Waals surface area contributed by atoms with Crippen molar-refractivity contribution in [1.82, 2.24) is 0 Å². The molecule has 1 aromatic carbocycles. The van der Waals surface area contributed by atoms with E-state index in [1.165, 1.54) is 0 Å². The summed E-state index contributed by atoms with van der Waals surface area (Å²) in [6.07, 6.45) is 2.35. The number of hydrogen-bond acceptors (Lipinski definition) is 2. The van der Waals surface area contributed by atoms with Crippen molar-refractivity contribution in [3.63, 3.8) is 0 Å². The van der Waals surface area contributed by atoms with Crippen LogP contribution in [0.3, 0.4) is 0 Å². The Morgan fingerprint density at radius 3 is 3.00 bits per heavy atom. The molecular formula is C11H10N2O. The molecule has 0 bridgehead atoms. The van der Waals surface area contributed by atoms with Crippen molar-refractivity contribution in [3.8, 4) is 6.07 Å². The van der Waals surface area contributed by atoms with E-state index in [0.717, 1.165) is 24.1 Å². The molecule has 0 saturated heterocycles. The number of anilines is 1. The van der Waals surface area contributed by atoms with Crippen LogP contribution < -0.4 is 5.32 Å². The first-order valence-electron chi connectivity index (χ1n) is 4.62. The highest BCUT2D eigenvalue weighted by Crippen LogP contribution is 2.22. The van der Waals surface area contributed by atoms with Gasteiger partial charge in [0.25, 0.3) is 0 Å². The number of fused-ring (bicyclic) bond motifs is 1. The predicted molar refractivity (Wildman–Crippen MR) is 52.7 cm³/mol. The highest BCUT2D eigenvalue weighted by molar-refractivity contribution is 5.92. The van der Waals surface area contributed by atoms with Gasteiger partial charge in [0, 0.05) is 12.1 Å². The summed E-state index contributed by atoms with van der Waals surface area (Å²) in [4.78, 5) is 11.3. The van der Waals surface area contributed by atoms with Gasteiger partial charge in [-0.3, -0.25) is 4.79 Å². The lowest BCUT2D eigenvalue weighted by molar-refractivity contribution is -0.116. The average molecular weight is 186 g/mol. The van der Waals surface area contributed by atoms with Crippen LogP contribution in [0.25, 0.3) is 0 Å². The van der Waals surface area contributed by atoms with Crippen LogP contribution in [0.1, 0.15) is 24.0 Å². The molecule has 1 heterocycles. The Bertz CT molecular complexity index is 418. The number of nitrogens with one attached hydrogen (secondary N) is 1. The predicted octanol–water partition coefficient (Wildman–Crippen LogP) is 1.83. The average Bonchev–Trinajstić information content (AvgIpc) is 2.37. The summed E-state index contributed by atoms with van der Waals surface area (Å²) in [6.45, 7) is 0. The van der Waals surface area contributed by atoms with E-state index in [4.69, 9.17) is 5.26 Å². The van der Waals surface area contributed by atoms with Gasteiger partial charge in [-0.25, -0.2) is 0 Å². The van der Waals surface area contributed by atoms with Gasteiger partial charge >= 0.3 is 0 Å². The number of amides is 1. The molecule has 0 fully saturated rings. The van der Waals surface area contributed by atoms with Crippen molar-refractivity contribution in [2.75, 3.05) is 5.32 Å². The molecule has 0 saturated carbocycles. The third-order valence-corrected chi connectivity index (χ3v) is 2.36. The van der Waals surface area contributed by atoms with Crippen LogP contribution in [-0.4, -0.2) is 5.91 Å². The van der Waals surface area contributed by atoms with Gasteiger partial charge in [-0.1, -0.05) is 6.07 Å².